The molecule has 123 heavy (non-hydrogen) atoms. The molecule has 0 aromatic heterocycles. The van der Waals surface area contributed by atoms with Crippen molar-refractivity contribution >= 4 is 22.7 Å². The fraction of sp³-hybridized carbons (Fsp3) is 1.00. The van der Waals surface area contributed by atoms with E-state index in [1.54, 1.807) is 0 Å². The first-order valence-electron chi connectivity index (χ1n) is 30.2. The molecule has 0 aliphatic heterocycles. The maximum absolute atomic E-state index is 13.6. The molecule has 0 amide bonds. The van der Waals surface area contributed by atoms with E-state index in [-0.39, 0.29) is 25.6 Å². The Hall–Kier alpha value is -4.08. The topological polar surface area (TPSA) is 184 Å². The summed E-state index contributed by atoms with van der Waals surface area (Å²) in [5.74, 6) is -0.637. The average Bonchev–Trinajstić information content (AvgIpc) is 0.729. The zero-order valence-electron chi connectivity index (χ0n) is 58.2. The number of alkyl halides is 54. The van der Waals surface area contributed by atoms with E-state index in [4.69, 9.17) is 18.8 Å². The summed E-state index contributed by atoms with van der Waals surface area (Å²) in [7, 11) is -4.45. The van der Waals surface area contributed by atoms with E-state index in [0.29, 0.717) is 0 Å². The second kappa shape index (κ2) is 42.0. The standard InChI is InChI=1S/C25H25F27O10S.C25H25F27O7S/c26-17(27,28)14(18(29,30)31,19(32,33)34)60-10-13(11-61-15(20(35,36)37,21(38,39)40)22(41,42)43,12-62-16(23(44,45)46,24(47,48)49)25(50,51)52)9-59-6-5-57-2-1-56-3-4-58-7-8-63(53,54)55;26-17(27,28)14(18(29,30)31,19(32,33)34)57-10-13(9-56-6-5-54-2-1-53-3-4-55-7-8-60,11-58-15(20(35,36)37,21(38,39)40)22(41,42)43)12-59-16(23(44,45)46,24(47,48)49)25(50,51)52/h1-12H2,(H,53,54,55);60H,1-12H2. The molecule has 0 aliphatic rings. The van der Waals surface area contributed by atoms with Crippen LogP contribution in [0.15, 0.2) is 0 Å². The van der Waals surface area contributed by atoms with E-state index in [2.05, 4.69) is 64.7 Å². The summed E-state index contributed by atoms with van der Waals surface area (Å²) < 4.78 is 818. The van der Waals surface area contributed by atoms with Crippen molar-refractivity contribution in [2.75, 3.05) is 157 Å². The number of ether oxygens (including phenoxy) is 14. The SMILES string of the molecule is FC(F)(F)C(OCC(COCCOCCOCCOCCS)(COC(C(F)(F)F)(C(F)(F)F)C(F)(F)F)COC(C(F)(F)F)(C(F)(F)F)C(F)(F)F)(C(F)(F)F)C(F)(F)F.O=S(=O)(O)CCOCCOCCOCCOCC(COC(C(F)(F)F)(C(F)(F)F)C(F)(F)F)(COC(C(F)(F)F)(C(F)(F)F)C(F)(F)F)COC(C(F)(F)F)(C(F)(F)F)C(F)(F)F. The minimum absolute atomic E-state index is 0.0765. The highest BCUT2D eigenvalue weighted by atomic mass is 32.2. The quantitative estimate of drug-likeness (QED) is 0.0254. The van der Waals surface area contributed by atoms with Gasteiger partial charge in [0.1, 0.15) is 0 Å². The average molecular weight is 2010 g/mol. The highest BCUT2D eigenvalue weighted by Gasteiger charge is 2.92. The monoisotopic (exact) mass is 2010 g/mol. The molecule has 0 fully saturated rings. The van der Waals surface area contributed by atoms with Gasteiger partial charge < -0.3 is 66.3 Å². The summed E-state index contributed by atoms with van der Waals surface area (Å²) in [4.78, 5) is 0. The van der Waals surface area contributed by atoms with Crippen molar-refractivity contribution in [1.29, 1.82) is 0 Å². The van der Waals surface area contributed by atoms with E-state index < -0.39 is 297 Å². The molecule has 742 valence electrons. The van der Waals surface area contributed by atoms with Gasteiger partial charge in [0.2, 0.25) is 0 Å². The maximum atomic E-state index is 13.6. The Morgan fingerprint density at radius 2 is 0.293 bits per heavy atom. The van der Waals surface area contributed by atoms with Gasteiger partial charge >= 0.3 is 145 Å². The van der Waals surface area contributed by atoms with Gasteiger partial charge in [0, 0.05) is 5.75 Å². The van der Waals surface area contributed by atoms with E-state index >= 15 is 0 Å². The second-order valence-corrected chi connectivity index (χ2v) is 25.6. The molecule has 0 atom stereocenters. The van der Waals surface area contributed by atoms with Gasteiger partial charge in [-0.05, 0) is 0 Å². The van der Waals surface area contributed by atoms with Gasteiger partial charge in [-0.1, -0.05) is 0 Å². The third kappa shape index (κ3) is 29.2. The van der Waals surface area contributed by atoms with Gasteiger partial charge in [0.25, 0.3) is 10.1 Å². The smallest absolute Gasteiger partial charge is 0.378 e. The Kier molecular flexibility index (Phi) is 41.3. The van der Waals surface area contributed by atoms with E-state index in [0.717, 1.165) is 0 Å². The molecule has 73 heteroatoms. The van der Waals surface area contributed by atoms with Crippen LogP contribution in [0.4, 0.5) is 237 Å². The molecular weight excluding hydrogens is 1960 g/mol. The zero-order chi connectivity index (χ0) is 98.4. The lowest BCUT2D eigenvalue weighted by Gasteiger charge is -2.45. The molecule has 0 rings (SSSR count). The maximum Gasteiger partial charge on any atom is 0.435 e. The number of halogens is 54. The van der Waals surface area contributed by atoms with Crippen molar-refractivity contribution in [3.05, 3.63) is 0 Å². The van der Waals surface area contributed by atoms with Crippen molar-refractivity contribution in [2.45, 2.75) is 145 Å². The Labute approximate surface area is 651 Å². The van der Waals surface area contributed by atoms with Crippen molar-refractivity contribution in [3.63, 3.8) is 0 Å². The lowest BCUT2D eigenvalue weighted by molar-refractivity contribution is -0.477. The first-order valence-corrected chi connectivity index (χ1v) is 32.5. The first kappa shape index (κ1) is 121. The predicted molar refractivity (Wildman–Crippen MR) is 283 cm³/mol. The summed E-state index contributed by atoms with van der Waals surface area (Å²) >= 11 is 3.79. The summed E-state index contributed by atoms with van der Waals surface area (Å²) in [6.45, 7) is -39.7. The van der Waals surface area contributed by atoms with E-state index in [1.165, 1.54) is 0 Å². The van der Waals surface area contributed by atoms with Crippen molar-refractivity contribution in [2.24, 2.45) is 10.8 Å². The Balaban J connectivity index is 0. The van der Waals surface area contributed by atoms with Crippen LogP contribution in [0.3, 0.4) is 0 Å². The third-order valence-electron chi connectivity index (χ3n) is 14.5. The molecule has 0 bridgehead atoms. The van der Waals surface area contributed by atoms with Crippen LogP contribution in [0.5, 0.6) is 0 Å². The van der Waals surface area contributed by atoms with Gasteiger partial charge in [0.05, 0.1) is 162 Å². The molecule has 0 saturated heterocycles. The predicted octanol–water partition coefficient (Wildman–Crippen LogP) is 17.5. The molecule has 17 nitrogen and oxygen atoms in total. The Morgan fingerprint density at radius 1 is 0.179 bits per heavy atom. The first-order chi connectivity index (χ1) is 54.0. The molecule has 1 N–H and O–H groups in total. The van der Waals surface area contributed by atoms with Gasteiger partial charge in [-0.3, -0.25) is 4.55 Å². The summed E-state index contributed by atoms with van der Waals surface area (Å²) in [5, 5.41) is 0. The zero-order valence-corrected chi connectivity index (χ0v) is 59.9. The number of thiol groups is 1. The van der Waals surface area contributed by atoms with Crippen LogP contribution in [-0.2, 0) is 76.4 Å². The van der Waals surface area contributed by atoms with Gasteiger partial charge in [-0.2, -0.15) is 258 Å². The Bertz CT molecular complexity index is 2720. The second-order valence-electron chi connectivity index (χ2n) is 23.6. The van der Waals surface area contributed by atoms with E-state index in [9.17, 15) is 246 Å². The molecule has 0 radical (unpaired) electrons. The fourth-order valence-corrected chi connectivity index (χ4v) is 9.02. The van der Waals surface area contributed by atoms with Crippen molar-refractivity contribution in [3.8, 4) is 0 Å². The molecule has 0 unspecified atom stereocenters. The molecule has 0 spiro atoms. The number of hydrogen-bond acceptors (Lipinski definition) is 17. The molecule has 0 aliphatic carbocycles. The van der Waals surface area contributed by atoms with Crippen LogP contribution >= 0.6 is 12.6 Å². The van der Waals surface area contributed by atoms with Crippen molar-refractivity contribution in [1.82, 2.24) is 0 Å². The number of hydrogen-bond donors (Lipinski definition) is 2. The minimum atomic E-state index is -8.08. The van der Waals surface area contributed by atoms with Crippen molar-refractivity contribution < 1.29 is 316 Å². The largest absolute Gasteiger partial charge is 0.435 e. The van der Waals surface area contributed by atoms with Crippen LogP contribution in [-0.4, -0.2) is 315 Å². The van der Waals surface area contributed by atoms with Crippen LogP contribution in [0, 0.1) is 10.8 Å². The van der Waals surface area contributed by atoms with E-state index in [1.807, 2.05) is 0 Å². The third-order valence-corrected chi connectivity index (χ3v) is 15.4. The molecule has 0 saturated carbocycles. The molecule has 0 heterocycles. The van der Waals surface area contributed by atoms with Gasteiger partial charge in [-0.25, -0.2) is 0 Å². The Morgan fingerprint density at radius 3 is 0.407 bits per heavy atom. The van der Waals surface area contributed by atoms with Gasteiger partial charge in [-0.15, -0.1) is 0 Å². The van der Waals surface area contributed by atoms with Crippen LogP contribution in [0.2, 0.25) is 0 Å². The molecular formula is C50H50F54O17S2. The summed E-state index contributed by atoms with van der Waals surface area (Å²) in [5.41, 5.74) is -57.9. The molecule has 0 aromatic rings. The van der Waals surface area contributed by atoms with Crippen LogP contribution in [0.25, 0.3) is 0 Å². The molecule has 0 aromatic carbocycles. The highest BCUT2D eigenvalue weighted by molar-refractivity contribution is 7.85. The van der Waals surface area contributed by atoms with Gasteiger partial charge in [0.15, 0.2) is 0 Å². The highest BCUT2D eigenvalue weighted by Crippen LogP contribution is 2.63. The minimum Gasteiger partial charge on any atom is -0.378 e. The lowest BCUT2D eigenvalue weighted by Crippen LogP contribution is -2.71. The fourth-order valence-electron chi connectivity index (χ4n) is 8.56. The van der Waals surface area contributed by atoms with Crippen LogP contribution in [0.1, 0.15) is 0 Å². The van der Waals surface area contributed by atoms with Crippen LogP contribution < -0.4 is 0 Å². The normalized spacial score (nSPS) is 15.6. The lowest BCUT2D eigenvalue weighted by atomic mass is 9.89. The summed E-state index contributed by atoms with van der Waals surface area (Å²) in [6.07, 6.45) is -145. The number of rotatable bonds is 45. The summed E-state index contributed by atoms with van der Waals surface area (Å²) in [6, 6.07) is 0.